The molecule has 0 aliphatic rings. The van der Waals surface area contributed by atoms with E-state index in [9.17, 15) is 13.6 Å². The Kier molecular flexibility index (Phi) is 4.86. The van der Waals surface area contributed by atoms with Crippen molar-refractivity contribution in [3.8, 4) is 5.75 Å². The summed E-state index contributed by atoms with van der Waals surface area (Å²) in [6.45, 7) is 0. The highest BCUT2D eigenvalue weighted by Crippen LogP contribution is 2.28. The summed E-state index contributed by atoms with van der Waals surface area (Å²) in [5, 5.41) is 0.459. The van der Waals surface area contributed by atoms with E-state index in [2.05, 4.69) is 15.9 Å². The molecule has 0 spiro atoms. The lowest BCUT2D eigenvalue weighted by atomic mass is 10.0. The van der Waals surface area contributed by atoms with Crippen LogP contribution < -0.4 is 4.74 Å². The molecular weight excluding hydrogens is 282 g/mol. The molecule has 0 unspecified atom stereocenters. The van der Waals surface area contributed by atoms with Crippen molar-refractivity contribution in [2.45, 2.75) is 12.8 Å². The molecule has 0 aromatic heterocycles. The van der Waals surface area contributed by atoms with Crippen LogP contribution in [0.3, 0.4) is 0 Å². The maximum absolute atomic E-state index is 12.7. The summed E-state index contributed by atoms with van der Waals surface area (Å²) in [5.74, 6) is 0.0283. The van der Waals surface area contributed by atoms with Gasteiger partial charge in [0.15, 0.2) is 5.78 Å². The zero-order chi connectivity index (χ0) is 12.1. The van der Waals surface area contributed by atoms with Gasteiger partial charge in [-0.15, -0.1) is 0 Å². The standard InChI is InChI=1S/C11H11BrF2O2/c1-16-7-2-3-8(10(15)4-5-12)9(6-7)11(13)14/h2-3,6,11H,4-5H2,1H3. The minimum atomic E-state index is -2.68. The molecule has 0 heterocycles. The number of halogens is 3. The minimum Gasteiger partial charge on any atom is -0.497 e. The number of Topliss-reactive ketones (excluding diaryl/α,β-unsaturated/α-hetero) is 1. The van der Waals surface area contributed by atoms with Gasteiger partial charge >= 0.3 is 0 Å². The van der Waals surface area contributed by atoms with Gasteiger partial charge in [0.05, 0.1) is 7.11 Å². The van der Waals surface area contributed by atoms with Crippen LogP contribution in [0.4, 0.5) is 8.78 Å². The Morgan fingerprint density at radius 3 is 2.69 bits per heavy atom. The van der Waals surface area contributed by atoms with Crippen molar-refractivity contribution < 1.29 is 18.3 Å². The molecule has 1 aromatic carbocycles. The Bertz CT molecular complexity index is 380. The van der Waals surface area contributed by atoms with Crippen LogP contribution in [0.2, 0.25) is 0 Å². The Morgan fingerprint density at radius 2 is 2.19 bits per heavy atom. The van der Waals surface area contributed by atoms with Crippen molar-refractivity contribution in [1.29, 1.82) is 0 Å². The van der Waals surface area contributed by atoms with Gasteiger partial charge in [0.1, 0.15) is 5.75 Å². The van der Waals surface area contributed by atoms with Gasteiger partial charge in [-0.25, -0.2) is 8.78 Å². The lowest BCUT2D eigenvalue weighted by molar-refractivity contribution is 0.0975. The number of alkyl halides is 3. The molecule has 0 amide bonds. The third-order valence-corrected chi connectivity index (χ3v) is 2.51. The van der Waals surface area contributed by atoms with E-state index in [0.29, 0.717) is 11.1 Å². The number of benzene rings is 1. The molecule has 1 aromatic rings. The number of carbonyl (C=O) groups excluding carboxylic acids is 1. The van der Waals surface area contributed by atoms with Crippen LogP contribution in [0.5, 0.6) is 5.75 Å². The van der Waals surface area contributed by atoms with Crippen molar-refractivity contribution in [3.05, 3.63) is 29.3 Å². The second-order valence-corrected chi connectivity index (χ2v) is 3.91. The normalized spacial score (nSPS) is 10.6. The largest absolute Gasteiger partial charge is 0.497 e. The molecule has 0 bridgehead atoms. The molecule has 0 radical (unpaired) electrons. The van der Waals surface area contributed by atoms with Crippen LogP contribution in [-0.2, 0) is 0 Å². The van der Waals surface area contributed by atoms with Crippen LogP contribution >= 0.6 is 15.9 Å². The Hall–Kier alpha value is -0.970. The van der Waals surface area contributed by atoms with Gasteiger partial charge in [-0.2, -0.15) is 0 Å². The molecule has 0 fully saturated rings. The zero-order valence-corrected chi connectivity index (χ0v) is 10.3. The van der Waals surface area contributed by atoms with Crippen LogP contribution in [0, 0.1) is 0 Å². The zero-order valence-electron chi connectivity index (χ0n) is 8.67. The van der Waals surface area contributed by atoms with E-state index in [1.54, 1.807) is 0 Å². The Labute approximate surface area is 101 Å². The van der Waals surface area contributed by atoms with E-state index < -0.39 is 6.43 Å². The highest BCUT2D eigenvalue weighted by atomic mass is 79.9. The minimum absolute atomic E-state index is 0.0650. The predicted octanol–water partition coefficient (Wildman–Crippen LogP) is 3.60. The predicted molar refractivity (Wildman–Crippen MR) is 60.7 cm³/mol. The highest BCUT2D eigenvalue weighted by molar-refractivity contribution is 9.09. The number of carbonyl (C=O) groups is 1. The highest BCUT2D eigenvalue weighted by Gasteiger charge is 2.18. The summed E-state index contributed by atoms with van der Waals surface area (Å²) in [6.07, 6.45) is -2.48. The number of ketones is 1. The van der Waals surface area contributed by atoms with Crippen LogP contribution in [0.15, 0.2) is 18.2 Å². The molecule has 2 nitrogen and oxygen atoms in total. The molecular formula is C11H11BrF2O2. The molecule has 16 heavy (non-hydrogen) atoms. The molecule has 5 heteroatoms. The average Bonchev–Trinajstić information content (AvgIpc) is 2.28. The third-order valence-electron chi connectivity index (χ3n) is 2.12. The molecule has 0 N–H and O–H groups in total. The summed E-state index contributed by atoms with van der Waals surface area (Å²) in [7, 11) is 1.39. The molecule has 88 valence electrons. The fraction of sp³-hybridized carbons (Fsp3) is 0.364. The maximum Gasteiger partial charge on any atom is 0.264 e. The first-order valence-corrected chi connectivity index (χ1v) is 5.77. The fourth-order valence-electron chi connectivity index (χ4n) is 1.32. The molecule has 1 rings (SSSR count). The molecule has 0 aliphatic carbocycles. The van der Waals surface area contributed by atoms with E-state index in [1.807, 2.05) is 0 Å². The van der Waals surface area contributed by atoms with E-state index in [1.165, 1.54) is 25.3 Å². The monoisotopic (exact) mass is 292 g/mol. The third kappa shape index (κ3) is 3.01. The second kappa shape index (κ2) is 5.94. The van der Waals surface area contributed by atoms with Crippen molar-refractivity contribution in [2.24, 2.45) is 0 Å². The van der Waals surface area contributed by atoms with Crippen molar-refractivity contribution >= 4 is 21.7 Å². The summed E-state index contributed by atoms with van der Waals surface area (Å²) in [4.78, 5) is 11.6. The van der Waals surface area contributed by atoms with Gasteiger partial charge in [0.2, 0.25) is 0 Å². The summed E-state index contributed by atoms with van der Waals surface area (Å²) in [6, 6.07) is 4.09. The van der Waals surface area contributed by atoms with Crippen molar-refractivity contribution in [3.63, 3.8) is 0 Å². The first-order chi connectivity index (χ1) is 7.60. The van der Waals surface area contributed by atoms with Gasteiger partial charge in [-0.1, -0.05) is 15.9 Å². The van der Waals surface area contributed by atoms with Gasteiger partial charge in [0, 0.05) is 22.9 Å². The first-order valence-electron chi connectivity index (χ1n) is 4.65. The number of ether oxygens (including phenoxy) is 1. The Balaban J connectivity index is 3.12. The molecule has 0 atom stereocenters. The lowest BCUT2D eigenvalue weighted by Crippen LogP contribution is -2.05. The van der Waals surface area contributed by atoms with Crippen LogP contribution in [0.1, 0.15) is 28.8 Å². The Morgan fingerprint density at radius 1 is 1.50 bits per heavy atom. The summed E-state index contributed by atoms with van der Waals surface area (Å²) in [5.41, 5.74) is -0.208. The van der Waals surface area contributed by atoms with Gasteiger partial charge in [0.25, 0.3) is 6.43 Å². The van der Waals surface area contributed by atoms with Gasteiger partial charge in [-0.3, -0.25) is 4.79 Å². The summed E-state index contributed by atoms with van der Waals surface area (Å²) >= 11 is 3.10. The van der Waals surface area contributed by atoms with Crippen molar-refractivity contribution in [2.75, 3.05) is 12.4 Å². The average molecular weight is 293 g/mol. The first kappa shape index (κ1) is 13.1. The van der Waals surface area contributed by atoms with Crippen LogP contribution in [-0.4, -0.2) is 18.2 Å². The fourth-order valence-corrected chi connectivity index (χ4v) is 1.68. The smallest absolute Gasteiger partial charge is 0.264 e. The number of rotatable bonds is 5. The topological polar surface area (TPSA) is 26.3 Å². The van der Waals surface area contributed by atoms with Crippen molar-refractivity contribution in [1.82, 2.24) is 0 Å². The number of hydrogen-bond acceptors (Lipinski definition) is 2. The maximum atomic E-state index is 12.7. The SMILES string of the molecule is COc1ccc(C(=O)CCBr)c(C(F)F)c1. The van der Waals surface area contributed by atoms with E-state index in [0.717, 1.165) is 0 Å². The molecule has 0 aliphatic heterocycles. The van der Waals surface area contributed by atoms with Gasteiger partial charge < -0.3 is 4.74 Å². The van der Waals surface area contributed by atoms with E-state index in [-0.39, 0.29) is 23.3 Å². The van der Waals surface area contributed by atoms with E-state index in [4.69, 9.17) is 4.74 Å². The second-order valence-electron chi connectivity index (χ2n) is 3.12. The van der Waals surface area contributed by atoms with Gasteiger partial charge in [-0.05, 0) is 18.2 Å². The summed E-state index contributed by atoms with van der Waals surface area (Å²) < 4.78 is 30.3. The quantitative estimate of drug-likeness (QED) is 0.612. The number of hydrogen-bond donors (Lipinski definition) is 0. The molecule has 0 saturated heterocycles. The molecule has 0 saturated carbocycles. The van der Waals surface area contributed by atoms with Crippen LogP contribution in [0.25, 0.3) is 0 Å². The van der Waals surface area contributed by atoms with E-state index >= 15 is 0 Å². The number of methoxy groups -OCH3 is 1. The lowest BCUT2D eigenvalue weighted by Gasteiger charge is -2.09.